The summed E-state index contributed by atoms with van der Waals surface area (Å²) in [4.78, 5) is 42.6. The van der Waals surface area contributed by atoms with Gasteiger partial charge in [-0.25, -0.2) is 23.5 Å². The second-order valence-electron chi connectivity index (χ2n) is 7.60. The highest BCUT2D eigenvalue weighted by Gasteiger charge is 2.21. The molecule has 0 saturated heterocycles. The van der Waals surface area contributed by atoms with Crippen molar-refractivity contribution in [2.75, 3.05) is 7.11 Å². The lowest BCUT2D eigenvalue weighted by atomic mass is 10.1. The summed E-state index contributed by atoms with van der Waals surface area (Å²) in [6, 6.07) is 12.0. The quantitative estimate of drug-likeness (QED) is 0.449. The zero-order chi connectivity index (χ0) is 23.0. The summed E-state index contributed by atoms with van der Waals surface area (Å²) < 4.78 is 22.6. The lowest BCUT2D eigenvalue weighted by Gasteiger charge is -2.15. The fraction of sp³-hybridized carbons (Fsp3) is 0.217. The summed E-state index contributed by atoms with van der Waals surface area (Å²) in [5.41, 5.74) is 0.636. The molecule has 0 N–H and O–H groups in total. The Balaban J connectivity index is 1.95. The Kier molecular flexibility index (Phi) is 5.48. The van der Waals surface area contributed by atoms with Crippen molar-refractivity contribution < 1.29 is 13.9 Å². The Morgan fingerprint density at radius 2 is 1.88 bits per heavy atom. The standard InChI is InChI=1S/C23H21FN4O4/c1-14(2)27-21(29)19-20(28(23(27)31)18-9-5-8-17(24)11-18)25-13-26(19)12-15-6-4-7-16(10-15)22(30)32-3/h4-11,13-14H,12H2,1-3H3. The fourth-order valence-corrected chi connectivity index (χ4v) is 3.69. The van der Waals surface area contributed by atoms with Gasteiger partial charge in [0.05, 0.1) is 24.7 Å². The van der Waals surface area contributed by atoms with Crippen LogP contribution in [-0.4, -0.2) is 31.8 Å². The van der Waals surface area contributed by atoms with E-state index in [1.807, 2.05) is 6.07 Å². The van der Waals surface area contributed by atoms with Gasteiger partial charge in [-0.15, -0.1) is 0 Å². The number of ether oxygens (including phenoxy) is 1. The number of aromatic nitrogens is 4. The average Bonchev–Trinajstić information content (AvgIpc) is 3.16. The fourth-order valence-electron chi connectivity index (χ4n) is 3.69. The molecule has 2 heterocycles. The van der Waals surface area contributed by atoms with Crippen LogP contribution in [0.1, 0.15) is 35.8 Å². The van der Waals surface area contributed by atoms with Gasteiger partial charge in [0, 0.05) is 12.6 Å². The second-order valence-corrected chi connectivity index (χ2v) is 7.60. The van der Waals surface area contributed by atoms with Crippen LogP contribution in [0.15, 0.2) is 64.4 Å². The van der Waals surface area contributed by atoms with Crippen LogP contribution in [0.4, 0.5) is 4.39 Å². The highest BCUT2D eigenvalue weighted by Crippen LogP contribution is 2.17. The maximum absolute atomic E-state index is 13.9. The molecule has 32 heavy (non-hydrogen) atoms. The number of halogens is 1. The van der Waals surface area contributed by atoms with Crippen molar-refractivity contribution in [3.8, 4) is 5.69 Å². The van der Waals surface area contributed by atoms with Crippen molar-refractivity contribution in [3.05, 3.63) is 92.6 Å². The molecular formula is C23H21FN4O4. The minimum atomic E-state index is -0.596. The predicted molar refractivity (Wildman–Crippen MR) is 117 cm³/mol. The van der Waals surface area contributed by atoms with Crippen molar-refractivity contribution in [1.82, 2.24) is 18.7 Å². The second kappa shape index (κ2) is 8.26. The SMILES string of the molecule is COC(=O)c1cccc(Cn2cnc3c2c(=O)n(C(C)C)c(=O)n3-c2cccc(F)c2)c1. The third kappa shape index (κ3) is 3.62. The summed E-state index contributed by atoms with van der Waals surface area (Å²) in [5, 5.41) is 0. The molecule has 4 aromatic rings. The van der Waals surface area contributed by atoms with E-state index in [9.17, 15) is 18.8 Å². The number of carbonyl (C=O) groups is 1. The van der Waals surface area contributed by atoms with Crippen LogP contribution in [0, 0.1) is 5.82 Å². The van der Waals surface area contributed by atoms with Gasteiger partial charge in [-0.2, -0.15) is 0 Å². The number of nitrogens with zero attached hydrogens (tertiary/aromatic N) is 4. The molecule has 0 aliphatic rings. The topological polar surface area (TPSA) is 88.1 Å². The van der Waals surface area contributed by atoms with Gasteiger partial charge < -0.3 is 9.30 Å². The van der Waals surface area contributed by atoms with Gasteiger partial charge in [-0.3, -0.25) is 9.36 Å². The summed E-state index contributed by atoms with van der Waals surface area (Å²) in [6.45, 7) is 3.69. The molecule has 0 bridgehead atoms. The van der Waals surface area contributed by atoms with E-state index in [0.29, 0.717) is 5.56 Å². The smallest absolute Gasteiger partial charge is 0.337 e. The summed E-state index contributed by atoms with van der Waals surface area (Å²) >= 11 is 0. The first-order valence-corrected chi connectivity index (χ1v) is 9.97. The van der Waals surface area contributed by atoms with Crippen LogP contribution in [0.2, 0.25) is 0 Å². The molecular weight excluding hydrogens is 415 g/mol. The normalized spacial score (nSPS) is 11.3. The van der Waals surface area contributed by atoms with Crippen LogP contribution >= 0.6 is 0 Å². The van der Waals surface area contributed by atoms with E-state index in [4.69, 9.17) is 4.74 Å². The molecule has 0 aliphatic heterocycles. The van der Waals surface area contributed by atoms with Crippen molar-refractivity contribution in [2.45, 2.75) is 26.4 Å². The molecule has 0 spiro atoms. The van der Waals surface area contributed by atoms with Gasteiger partial charge in [-0.1, -0.05) is 18.2 Å². The third-order valence-electron chi connectivity index (χ3n) is 5.13. The van der Waals surface area contributed by atoms with E-state index >= 15 is 0 Å². The van der Waals surface area contributed by atoms with Crippen molar-refractivity contribution in [2.24, 2.45) is 0 Å². The van der Waals surface area contributed by atoms with Crippen LogP contribution in [-0.2, 0) is 11.3 Å². The first-order chi connectivity index (χ1) is 15.3. The lowest BCUT2D eigenvalue weighted by Crippen LogP contribution is -2.41. The van der Waals surface area contributed by atoms with E-state index in [0.717, 1.165) is 10.1 Å². The Morgan fingerprint density at radius 3 is 2.56 bits per heavy atom. The van der Waals surface area contributed by atoms with Crippen LogP contribution in [0.3, 0.4) is 0 Å². The molecule has 0 amide bonds. The minimum absolute atomic E-state index is 0.131. The molecule has 0 fully saturated rings. The summed E-state index contributed by atoms with van der Waals surface area (Å²) in [5.74, 6) is -0.978. The summed E-state index contributed by atoms with van der Waals surface area (Å²) in [6.07, 6.45) is 1.46. The highest BCUT2D eigenvalue weighted by molar-refractivity contribution is 5.89. The van der Waals surface area contributed by atoms with Gasteiger partial charge in [0.2, 0.25) is 0 Å². The van der Waals surface area contributed by atoms with Crippen molar-refractivity contribution in [3.63, 3.8) is 0 Å². The van der Waals surface area contributed by atoms with Gasteiger partial charge >= 0.3 is 11.7 Å². The van der Waals surface area contributed by atoms with Crippen LogP contribution in [0.5, 0.6) is 0 Å². The Bertz CT molecular complexity index is 1450. The third-order valence-corrected chi connectivity index (χ3v) is 5.13. The van der Waals surface area contributed by atoms with E-state index in [1.165, 1.54) is 36.2 Å². The number of fused-ring (bicyclic) bond motifs is 1. The monoisotopic (exact) mass is 436 g/mol. The molecule has 2 aromatic heterocycles. The van der Waals surface area contributed by atoms with Gasteiger partial charge in [0.1, 0.15) is 5.82 Å². The maximum Gasteiger partial charge on any atom is 0.337 e. The molecule has 8 nitrogen and oxygen atoms in total. The van der Waals surface area contributed by atoms with E-state index in [-0.39, 0.29) is 23.4 Å². The average molecular weight is 436 g/mol. The largest absolute Gasteiger partial charge is 0.465 e. The number of esters is 1. The van der Waals surface area contributed by atoms with E-state index in [2.05, 4.69) is 4.98 Å². The first kappa shape index (κ1) is 21.2. The van der Waals surface area contributed by atoms with Crippen molar-refractivity contribution >= 4 is 17.1 Å². The van der Waals surface area contributed by atoms with Gasteiger partial charge in [-0.05, 0) is 49.7 Å². The molecule has 0 unspecified atom stereocenters. The van der Waals surface area contributed by atoms with E-state index in [1.54, 1.807) is 42.7 Å². The number of carbonyl (C=O) groups excluding carboxylic acids is 1. The molecule has 4 rings (SSSR count). The first-order valence-electron chi connectivity index (χ1n) is 9.97. The molecule has 0 radical (unpaired) electrons. The summed E-state index contributed by atoms with van der Waals surface area (Å²) in [7, 11) is 1.30. The number of rotatable bonds is 5. The number of methoxy groups -OCH3 is 1. The number of benzene rings is 2. The molecule has 0 saturated carbocycles. The van der Waals surface area contributed by atoms with Crippen LogP contribution in [0.25, 0.3) is 16.9 Å². The molecule has 164 valence electrons. The maximum atomic E-state index is 13.9. The highest BCUT2D eigenvalue weighted by atomic mass is 19.1. The van der Waals surface area contributed by atoms with Gasteiger partial charge in [0.15, 0.2) is 11.2 Å². The Morgan fingerprint density at radius 1 is 1.12 bits per heavy atom. The Hall–Kier alpha value is -4.01. The number of hydrogen-bond acceptors (Lipinski definition) is 5. The zero-order valence-electron chi connectivity index (χ0n) is 17.8. The van der Waals surface area contributed by atoms with E-state index < -0.39 is 29.1 Å². The number of imidazole rings is 1. The van der Waals surface area contributed by atoms with Crippen LogP contribution < -0.4 is 11.2 Å². The molecule has 9 heteroatoms. The number of hydrogen-bond donors (Lipinski definition) is 0. The van der Waals surface area contributed by atoms with Crippen molar-refractivity contribution in [1.29, 1.82) is 0 Å². The Labute approximate surface area is 182 Å². The molecule has 0 aliphatic carbocycles. The molecule has 2 aromatic carbocycles. The molecule has 0 atom stereocenters. The zero-order valence-corrected chi connectivity index (χ0v) is 17.8. The van der Waals surface area contributed by atoms with Gasteiger partial charge in [0.25, 0.3) is 5.56 Å². The minimum Gasteiger partial charge on any atom is -0.465 e. The lowest BCUT2D eigenvalue weighted by molar-refractivity contribution is 0.0600. The predicted octanol–water partition coefficient (Wildman–Crippen LogP) is 2.90.